The molecule has 8 heteroatoms. The molecule has 1 amide bonds. The van der Waals surface area contributed by atoms with E-state index in [0.29, 0.717) is 5.56 Å². The van der Waals surface area contributed by atoms with E-state index < -0.39 is 29.7 Å². The Morgan fingerprint density at radius 3 is 2.12 bits per heavy atom. The van der Waals surface area contributed by atoms with Crippen LogP contribution in [0.15, 0.2) is 66.7 Å². The molecule has 0 radical (unpaired) electrons. The SMILES string of the molecule is O=C(NC(CSCc1cc(F)cc(F)c1)C(=O)O)OCC1c2ccccc2-c2ccccc21. The van der Waals surface area contributed by atoms with Crippen molar-refractivity contribution in [2.24, 2.45) is 0 Å². The maximum absolute atomic E-state index is 13.3. The Balaban J connectivity index is 1.34. The van der Waals surface area contributed by atoms with Gasteiger partial charge in [0.05, 0.1) is 0 Å². The molecule has 0 saturated heterocycles. The molecule has 0 spiro atoms. The van der Waals surface area contributed by atoms with Crippen molar-refractivity contribution >= 4 is 23.8 Å². The highest BCUT2D eigenvalue weighted by atomic mass is 32.2. The van der Waals surface area contributed by atoms with Crippen molar-refractivity contribution in [1.29, 1.82) is 0 Å². The molecule has 1 unspecified atom stereocenters. The van der Waals surface area contributed by atoms with E-state index in [2.05, 4.69) is 5.32 Å². The number of ether oxygens (including phenoxy) is 1. The van der Waals surface area contributed by atoms with Gasteiger partial charge in [0, 0.05) is 23.5 Å². The van der Waals surface area contributed by atoms with Crippen LogP contribution in [0.4, 0.5) is 13.6 Å². The quantitative estimate of drug-likeness (QED) is 0.475. The van der Waals surface area contributed by atoms with E-state index in [1.54, 1.807) is 0 Å². The van der Waals surface area contributed by atoms with E-state index in [0.717, 1.165) is 40.1 Å². The molecular formula is C25H21F2NO4S. The van der Waals surface area contributed by atoms with Crippen LogP contribution in [0.2, 0.25) is 0 Å². The summed E-state index contributed by atoms with van der Waals surface area (Å²) in [6.07, 6.45) is -0.832. The number of benzene rings is 3. The summed E-state index contributed by atoms with van der Waals surface area (Å²) >= 11 is 1.14. The fourth-order valence-electron chi connectivity index (χ4n) is 3.95. The third-order valence-corrected chi connectivity index (χ3v) is 6.52. The van der Waals surface area contributed by atoms with Crippen LogP contribution in [0.3, 0.4) is 0 Å². The predicted octanol–water partition coefficient (Wildman–Crippen LogP) is 5.19. The van der Waals surface area contributed by atoms with Crippen molar-refractivity contribution in [3.05, 3.63) is 95.1 Å². The van der Waals surface area contributed by atoms with E-state index in [1.807, 2.05) is 48.5 Å². The predicted molar refractivity (Wildman–Crippen MR) is 122 cm³/mol. The molecule has 0 aliphatic heterocycles. The van der Waals surface area contributed by atoms with Gasteiger partial charge in [-0.3, -0.25) is 0 Å². The lowest BCUT2D eigenvalue weighted by Gasteiger charge is -2.17. The van der Waals surface area contributed by atoms with Gasteiger partial charge < -0.3 is 15.2 Å². The molecule has 0 bridgehead atoms. The highest BCUT2D eigenvalue weighted by Gasteiger charge is 2.29. The Labute approximate surface area is 193 Å². The molecule has 0 saturated carbocycles. The average Bonchev–Trinajstić information content (AvgIpc) is 3.10. The van der Waals surface area contributed by atoms with Crippen LogP contribution < -0.4 is 5.32 Å². The molecule has 4 rings (SSSR count). The van der Waals surface area contributed by atoms with Crippen LogP contribution in [0.1, 0.15) is 22.6 Å². The first-order valence-electron chi connectivity index (χ1n) is 10.3. The number of hydrogen-bond acceptors (Lipinski definition) is 4. The van der Waals surface area contributed by atoms with Crippen molar-refractivity contribution in [2.75, 3.05) is 12.4 Å². The van der Waals surface area contributed by atoms with Gasteiger partial charge >= 0.3 is 12.1 Å². The van der Waals surface area contributed by atoms with Gasteiger partial charge in [0.15, 0.2) is 0 Å². The van der Waals surface area contributed by atoms with E-state index in [4.69, 9.17) is 4.74 Å². The fourth-order valence-corrected chi connectivity index (χ4v) is 4.93. The molecule has 1 atom stereocenters. The second-order valence-electron chi connectivity index (χ2n) is 7.65. The molecule has 170 valence electrons. The van der Waals surface area contributed by atoms with Gasteiger partial charge in [-0.05, 0) is 39.9 Å². The largest absolute Gasteiger partial charge is 0.480 e. The number of carbonyl (C=O) groups excluding carboxylic acids is 1. The van der Waals surface area contributed by atoms with Crippen LogP contribution in [0.5, 0.6) is 0 Å². The van der Waals surface area contributed by atoms with E-state index >= 15 is 0 Å². The number of rotatable bonds is 8. The van der Waals surface area contributed by atoms with Gasteiger partial charge in [0.2, 0.25) is 0 Å². The van der Waals surface area contributed by atoms with Crippen molar-refractivity contribution in [3.63, 3.8) is 0 Å². The first kappa shape index (κ1) is 22.8. The van der Waals surface area contributed by atoms with Gasteiger partial charge in [-0.1, -0.05) is 48.5 Å². The summed E-state index contributed by atoms with van der Waals surface area (Å²) in [4.78, 5) is 23.9. The highest BCUT2D eigenvalue weighted by molar-refractivity contribution is 7.98. The van der Waals surface area contributed by atoms with Crippen LogP contribution >= 0.6 is 11.8 Å². The average molecular weight is 470 g/mol. The Morgan fingerprint density at radius 2 is 1.55 bits per heavy atom. The monoisotopic (exact) mass is 469 g/mol. The molecular weight excluding hydrogens is 448 g/mol. The topological polar surface area (TPSA) is 75.6 Å². The summed E-state index contributed by atoms with van der Waals surface area (Å²) in [6.45, 7) is 0.0713. The summed E-state index contributed by atoms with van der Waals surface area (Å²) < 4.78 is 32.0. The lowest BCUT2D eigenvalue weighted by atomic mass is 9.98. The Morgan fingerprint density at radius 1 is 0.970 bits per heavy atom. The minimum Gasteiger partial charge on any atom is -0.480 e. The fraction of sp³-hybridized carbons (Fsp3) is 0.200. The molecule has 3 aromatic rings. The van der Waals surface area contributed by atoms with Gasteiger partial charge in [-0.25, -0.2) is 18.4 Å². The molecule has 0 heterocycles. The van der Waals surface area contributed by atoms with Gasteiger partial charge in [-0.15, -0.1) is 0 Å². The number of halogens is 2. The maximum atomic E-state index is 13.3. The zero-order chi connectivity index (χ0) is 23.4. The van der Waals surface area contributed by atoms with Gasteiger partial charge in [0.25, 0.3) is 0 Å². The molecule has 2 N–H and O–H groups in total. The lowest BCUT2D eigenvalue weighted by Crippen LogP contribution is -2.43. The first-order chi connectivity index (χ1) is 15.9. The number of carbonyl (C=O) groups is 2. The highest BCUT2D eigenvalue weighted by Crippen LogP contribution is 2.44. The maximum Gasteiger partial charge on any atom is 0.407 e. The van der Waals surface area contributed by atoms with Crippen LogP contribution in [-0.2, 0) is 15.3 Å². The Bertz CT molecular complexity index is 1120. The van der Waals surface area contributed by atoms with E-state index in [1.165, 1.54) is 12.1 Å². The number of carboxylic acid groups (broad SMARTS) is 1. The standard InChI is InChI=1S/C25H21F2NO4S/c26-16-9-15(10-17(27)11-16)13-33-14-23(24(29)30)28-25(31)32-12-22-20-7-3-1-5-18(20)19-6-2-4-8-21(19)22/h1-11,22-23H,12-14H2,(H,28,31)(H,29,30). The smallest absolute Gasteiger partial charge is 0.407 e. The van der Waals surface area contributed by atoms with Crippen molar-refractivity contribution in [1.82, 2.24) is 5.32 Å². The summed E-state index contributed by atoms with van der Waals surface area (Å²) in [6, 6.07) is 17.7. The number of thioether (sulfide) groups is 1. The van der Waals surface area contributed by atoms with Gasteiger partial charge in [0.1, 0.15) is 24.3 Å². The number of fused-ring (bicyclic) bond motifs is 3. The minimum atomic E-state index is -1.22. The van der Waals surface area contributed by atoms with Crippen molar-refractivity contribution in [3.8, 4) is 11.1 Å². The number of amides is 1. The number of nitrogens with one attached hydrogen (secondary N) is 1. The molecule has 1 aliphatic carbocycles. The molecule has 5 nitrogen and oxygen atoms in total. The summed E-state index contributed by atoms with van der Waals surface area (Å²) in [7, 11) is 0. The summed E-state index contributed by atoms with van der Waals surface area (Å²) in [5.41, 5.74) is 4.69. The lowest BCUT2D eigenvalue weighted by molar-refractivity contribution is -0.138. The van der Waals surface area contributed by atoms with Crippen molar-refractivity contribution in [2.45, 2.75) is 17.7 Å². The minimum absolute atomic E-state index is 0.0116. The zero-order valence-electron chi connectivity index (χ0n) is 17.5. The Kier molecular flexibility index (Phi) is 6.93. The van der Waals surface area contributed by atoms with Crippen molar-refractivity contribution < 1.29 is 28.2 Å². The number of alkyl carbamates (subject to hydrolysis) is 1. The Hall–Kier alpha value is -3.39. The number of hydrogen-bond donors (Lipinski definition) is 2. The third kappa shape index (κ3) is 5.34. The number of aliphatic carboxylic acids is 1. The first-order valence-corrected chi connectivity index (χ1v) is 11.4. The third-order valence-electron chi connectivity index (χ3n) is 5.41. The van der Waals surface area contributed by atoms with E-state index in [-0.39, 0.29) is 24.0 Å². The normalized spacial score (nSPS) is 13.2. The molecule has 1 aliphatic rings. The molecule has 0 fully saturated rings. The van der Waals surface area contributed by atoms with Crippen LogP contribution in [-0.4, -0.2) is 35.6 Å². The number of carboxylic acids is 1. The molecule has 33 heavy (non-hydrogen) atoms. The summed E-state index contributed by atoms with van der Waals surface area (Å²) in [5, 5.41) is 11.8. The molecule has 3 aromatic carbocycles. The van der Waals surface area contributed by atoms with E-state index in [9.17, 15) is 23.5 Å². The zero-order valence-corrected chi connectivity index (χ0v) is 18.3. The second-order valence-corrected chi connectivity index (χ2v) is 8.68. The second kappa shape index (κ2) is 10.0. The summed E-state index contributed by atoms with van der Waals surface area (Å²) in [5.74, 6) is -2.54. The van der Waals surface area contributed by atoms with Crippen LogP contribution in [0.25, 0.3) is 11.1 Å². The van der Waals surface area contributed by atoms with Gasteiger partial charge in [-0.2, -0.15) is 11.8 Å². The van der Waals surface area contributed by atoms with Crippen LogP contribution in [0, 0.1) is 11.6 Å². The molecule has 0 aromatic heterocycles.